The van der Waals surface area contributed by atoms with Crippen molar-refractivity contribution in [1.29, 1.82) is 0 Å². The number of ether oxygens (including phenoxy) is 2. The number of esters is 1. The fraction of sp³-hybridized carbons (Fsp3) is 0.238. The molecule has 31 heavy (non-hydrogen) atoms. The van der Waals surface area contributed by atoms with Crippen molar-refractivity contribution in [1.82, 2.24) is 5.32 Å². The number of halogens is 1. The molecule has 0 aromatic heterocycles. The predicted octanol–water partition coefficient (Wildman–Crippen LogP) is 4.35. The van der Waals surface area contributed by atoms with Gasteiger partial charge in [0.25, 0.3) is 5.69 Å². The van der Waals surface area contributed by atoms with E-state index in [1.165, 1.54) is 31.4 Å². The average Bonchev–Trinajstić information content (AvgIpc) is 2.98. The maximum atomic E-state index is 12.6. The number of carbonyl (C=O) groups is 2. The number of rotatable bonds is 5. The lowest BCUT2D eigenvalue weighted by molar-refractivity contribution is -0.384. The Kier molecular flexibility index (Phi) is 6.16. The Morgan fingerprint density at radius 3 is 2.26 bits per heavy atom. The number of carbonyl (C=O) groups excluding carboxylic acids is 2. The molecule has 10 heteroatoms. The first-order valence-electron chi connectivity index (χ1n) is 9.22. The standard InChI is InChI=1S/C21H20ClN3O6/c1-21(2)17(12-4-6-13(22)7-5-12)16(19(26)30-3)18(31-21)24-20(27)23-14-8-10-15(11-9-14)25(28)29/h4-11,17H,1-3H3,(H2,23,24,27)/t17-/m0/s1. The number of nitro benzene ring substituents is 1. The molecule has 3 rings (SSSR count). The predicted molar refractivity (Wildman–Crippen MR) is 114 cm³/mol. The molecule has 0 unspecified atom stereocenters. The third-order valence-electron chi connectivity index (χ3n) is 4.77. The van der Waals surface area contributed by atoms with Crippen molar-refractivity contribution in [2.45, 2.75) is 25.4 Å². The van der Waals surface area contributed by atoms with Crippen molar-refractivity contribution in [3.05, 3.63) is 80.7 Å². The summed E-state index contributed by atoms with van der Waals surface area (Å²) in [6.07, 6.45) is 0. The van der Waals surface area contributed by atoms with Crippen LogP contribution >= 0.6 is 11.6 Å². The smallest absolute Gasteiger partial charge is 0.339 e. The second-order valence-electron chi connectivity index (χ2n) is 7.31. The monoisotopic (exact) mass is 445 g/mol. The highest BCUT2D eigenvalue weighted by Gasteiger charge is 2.48. The van der Waals surface area contributed by atoms with E-state index in [1.54, 1.807) is 38.1 Å². The minimum Gasteiger partial charge on any atom is -0.471 e. The number of benzene rings is 2. The number of urea groups is 1. The molecule has 2 aromatic rings. The number of anilines is 1. The summed E-state index contributed by atoms with van der Waals surface area (Å²) in [6, 6.07) is 11.6. The fourth-order valence-corrected chi connectivity index (χ4v) is 3.55. The third-order valence-corrected chi connectivity index (χ3v) is 5.02. The van der Waals surface area contributed by atoms with E-state index >= 15 is 0 Å². The number of hydrogen-bond acceptors (Lipinski definition) is 6. The lowest BCUT2D eigenvalue weighted by Crippen LogP contribution is -2.32. The molecule has 2 aromatic carbocycles. The lowest BCUT2D eigenvalue weighted by Gasteiger charge is -2.28. The van der Waals surface area contributed by atoms with Gasteiger partial charge in [-0.3, -0.25) is 15.4 Å². The first kappa shape index (κ1) is 22.1. The zero-order chi connectivity index (χ0) is 22.8. The maximum absolute atomic E-state index is 12.6. The van der Waals surface area contributed by atoms with Gasteiger partial charge < -0.3 is 14.8 Å². The molecule has 1 aliphatic rings. The van der Waals surface area contributed by atoms with Gasteiger partial charge in [0.2, 0.25) is 5.88 Å². The Labute approximate surface area is 183 Å². The molecule has 0 saturated heterocycles. The second kappa shape index (κ2) is 8.65. The summed E-state index contributed by atoms with van der Waals surface area (Å²) in [7, 11) is 1.24. The molecule has 162 valence electrons. The molecule has 0 aliphatic carbocycles. The molecular weight excluding hydrogens is 426 g/mol. The molecule has 1 atom stereocenters. The Hall–Kier alpha value is -3.59. The van der Waals surface area contributed by atoms with E-state index < -0.39 is 28.4 Å². The van der Waals surface area contributed by atoms with Crippen molar-refractivity contribution in [3.8, 4) is 0 Å². The second-order valence-corrected chi connectivity index (χ2v) is 7.74. The number of hydrogen-bond donors (Lipinski definition) is 2. The summed E-state index contributed by atoms with van der Waals surface area (Å²) in [6.45, 7) is 3.58. The Balaban J connectivity index is 1.88. The van der Waals surface area contributed by atoms with E-state index in [1.807, 2.05) is 0 Å². The van der Waals surface area contributed by atoms with E-state index in [2.05, 4.69) is 10.6 Å². The molecule has 0 spiro atoms. The van der Waals surface area contributed by atoms with Crippen LogP contribution in [0.15, 0.2) is 60.0 Å². The van der Waals surface area contributed by atoms with Gasteiger partial charge in [-0.1, -0.05) is 23.7 Å². The number of methoxy groups -OCH3 is 1. The SMILES string of the molecule is COC(=O)C1=C(NC(=O)Nc2ccc([N+](=O)[O-])cc2)OC(C)(C)[C@H]1c1ccc(Cl)cc1. The van der Waals surface area contributed by atoms with Gasteiger partial charge in [-0.2, -0.15) is 0 Å². The molecule has 0 bridgehead atoms. The van der Waals surface area contributed by atoms with Crippen LogP contribution in [0.3, 0.4) is 0 Å². The first-order chi connectivity index (χ1) is 14.6. The quantitative estimate of drug-likeness (QED) is 0.401. The Morgan fingerprint density at radius 2 is 1.71 bits per heavy atom. The summed E-state index contributed by atoms with van der Waals surface area (Å²) in [4.78, 5) is 35.3. The van der Waals surface area contributed by atoms with Crippen LogP contribution in [-0.2, 0) is 14.3 Å². The van der Waals surface area contributed by atoms with Crippen molar-refractivity contribution in [2.75, 3.05) is 12.4 Å². The van der Waals surface area contributed by atoms with Gasteiger partial charge in [0.15, 0.2) is 0 Å². The fourth-order valence-electron chi connectivity index (χ4n) is 3.42. The van der Waals surface area contributed by atoms with Crippen molar-refractivity contribution in [2.24, 2.45) is 0 Å². The number of non-ortho nitro benzene ring substituents is 1. The maximum Gasteiger partial charge on any atom is 0.339 e. The summed E-state index contributed by atoms with van der Waals surface area (Å²) in [5, 5.41) is 16.4. The minimum absolute atomic E-state index is 0.0313. The summed E-state index contributed by atoms with van der Waals surface area (Å²) >= 11 is 5.98. The minimum atomic E-state index is -0.868. The number of nitrogens with one attached hydrogen (secondary N) is 2. The van der Waals surface area contributed by atoms with Gasteiger partial charge in [-0.05, 0) is 43.7 Å². The van der Waals surface area contributed by atoms with E-state index in [9.17, 15) is 19.7 Å². The molecule has 0 radical (unpaired) electrons. The summed E-state index contributed by atoms with van der Waals surface area (Å²) < 4.78 is 10.9. The molecule has 0 saturated carbocycles. The van der Waals surface area contributed by atoms with Crippen LogP contribution in [0.1, 0.15) is 25.3 Å². The lowest BCUT2D eigenvalue weighted by atomic mass is 9.81. The van der Waals surface area contributed by atoms with E-state index in [0.29, 0.717) is 10.7 Å². The summed E-state index contributed by atoms with van der Waals surface area (Å²) in [5.74, 6) is -1.20. The van der Waals surface area contributed by atoms with E-state index in [-0.39, 0.29) is 17.1 Å². The topological polar surface area (TPSA) is 120 Å². The zero-order valence-electron chi connectivity index (χ0n) is 17.0. The molecule has 1 heterocycles. The van der Waals surface area contributed by atoms with E-state index in [4.69, 9.17) is 21.1 Å². The van der Waals surface area contributed by atoms with Crippen LogP contribution in [0, 0.1) is 10.1 Å². The molecule has 2 N–H and O–H groups in total. The Bertz CT molecular complexity index is 1050. The van der Waals surface area contributed by atoms with Gasteiger partial charge in [0, 0.05) is 22.8 Å². The third kappa shape index (κ3) is 4.77. The van der Waals surface area contributed by atoms with Crippen LogP contribution in [-0.4, -0.2) is 29.6 Å². The molecular formula is C21H20ClN3O6. The number of amides is 2. The van der Waals surface area contributed by atoms with Crippen LogP contribution in [0.5, 0.6) is 0 Å². The van der Waals surface area contributed by atoms with Crippen molar-refractivity contribution >= 4 is 35.0 Å². The average molecular weight is 446 g/mol. The highest BCUT2D eigenvalue weighted by atomic mass is 35.5. The Morgan fingerprint density at radius 1 is 1.10 bits per heavy atom. The van der Waals surface area contributed by atoms with Crippen LogP contribution in [0.2, 0.25) is 5.02 Å². The van der Waals surface area contributed by atoms with Crippen molar-refractivity contribution < 1.29 is 24.0 Å². The van der Waals surface area contributed by atoms with Gasteiger partial charge in [0.1, 0.15) is 11.2 Å². The molecule has 9 nitrogen and oxygen atoms in total. The highest BCUT2D eigenvalue weighted by molar-refractivity contribution is 6.30. The van der Waals surface area contributed by atoms with Gasteiger partial charge in [-0.15, -0.1) is 0 Å². The largest absolute Gasteiger partial charge is 0.471 e. The zero-order valence-corrected chi connectivity index (χ0v) is 17.7. The van der Waals surface area contributed by atoms with Crippen LogP contribution < -0.4 is 10.6 Å². The molecule has 1 aliphatic heterocycles. The normalized spacial score (nSPS) is 17.0. The summed E-state index contributed by atoms with van der Waals surface area (Å²) in [5.41, 5.74) is 0.284. The van der Waals surface area contributed by atoms with Gasteiger partial charge in [-0.25, -0.2) is 9.59 Å². The van der Waals surface area contributed by atoms with E-state index in [0.717, 1.165) is 5.56 Å². The number of nitro groups is 1. The molecule has 0 fully saturated rings. The van der Waals surface area contributed by atoms with Crippen LogP contribution in [0.4, 0.5) is 16.2 Å². The highest BCUT2D eigenvalue weighted by Crippen LogP contribution is 2.45. The van der Waals surface area contributed by atoms with Crippen LogP contribution in [0.25, 0.3) is 0 Å². The van der Waals surface area contributed by atoms with Crippen molar-refractivity contribution in [3.63, 3.8) is 0 Å². The van der Waals surface area contributed by atoms with Gasteiger partial charge in [0.05, 0.1) is 18.0 Å². The number of nitrogens with zero attached hydrogens (tertiary/aromatic N) is 1. The first-order valence-corrected chi connectivity index (χ1v) is 9.59. The molecule has 2 amide bonds. The van der Waals surface area contributed by atoms with Gasteiger partial charge >= 0.3 is 12.0 Å².